The summed E-state index contributed by atoms with van der Waals surface area (Å²) in [6.45, 7) is 1.84. The smallest absolute Gasteiger partial charge is 0.480 e. The van der Waals surface area contributed by atoms with Crippen molar-refractivity contribution in [2.75, 3.05) is 10.7 Å². The Bertz CT molecular complexity index is 1740. The van der Waals surface area contributed by atoms with E-state index < -0.39 is 24.4 Å². The van der Waals surface area contributed by atoms with Crippen LogP contribution < -0.4 is 15.0 Å². The van der Waals surface area contributed by atoms with Crippen LogP contribution in [0.25, 0.3) is 17.1 Å². The second-order valence-corrected chi connectivity index (χ2v) is 10.8. The Morgan fingerprint density at radius 2 is 1.80 bits per heavy atom. The summed E-state index contributed by atoms with van der Waals surface area (Å²) in [4.78, 5) is 46.7. The normalized spacial score (nSPS) is 14.9. The van der Waals surface area contributed by atoms with Crippen LogP contribution in [0.3, 0.4) is 0 Å². The molecular formula is C30H25F3N6O5S. The third kappa shape index (κ3) is 7.86. The number of aromatic nitrogens is 3. The first-order valence-electron chi connectivity index (χ1n) is 13.5. The maximum atomic E-state index is 12.7. The molecule has 4 aromatic rings. The van der Waals surface area contributed by atoms with Crippen molar-refractivity contribution < 1.29 is 37.4 Å². The molecule has 3 amide bonds. The number of amides is 3. The Hall–Kier alpha value is -5.18. The first-order chi connectivity index (χ1) is 21.5. The molecule has 2 N–H and O–H groups in total. The molecule has 11 nitrogen and oxygen atoms in total. The average Bonchev–Trinajstić information content (AvgIpc) is 3.62. The molecule has 0 saturated carbocycles. The number of urea groups is 1. The molecular weight excluding hydrogens is 613 g/mol. The molecule has 0 aliphatic carbocycles. The van der Waals surface area contributed by atoms with E-state index in [4.69, 9.17) is 0 Å². The number of para-hydroxylation sites is 1. The largest absolute Gasteiger partial charge is 0.573 e. The van der Waals surface area contributed by atoms with Gasteiger partial charge in [0.15, 0.2) is 11.0 Å². The molecule has 3 aromatic carbocycles. The van der Waals surface area contributed by atoms with Gasteiger partial charge in [-0.15, -0.1) is 18.3 Å². The number of rotatable bonds is 9. The summed E-state index contributed by atoms with van der Waals surface area (Å²) < 4.78 is 42.5. The highest BCUT2D eigenvalue weighted by Gasteiger charge is 2.32. The van der Waals surface area contributed by atoms with Gasteiger partial charge in [0.25, 0.3) is 0 Å². The summed E-state index contributed by atoms with van der Waals surface area (Å²) in [6.07, 6.45) is -2.95. The second kappa shape index (κ2) is 13.2. The van der Waals surface area contributed by atoms with E-state index in [1.54, 1.807) is 36.4 Å². The van der Waals surface area contributed by atoms with E-state index in [0.29, 0.717) is 29.2 Å². The molecule has 0 spiro atoms. The number of hydrogen-bond acceptors (Lipinski definition) is 7. The number of hydrogen-bond donors (Lipinski definition) is 2. The van der Waals surface area contributed by atoms with Gasteiger partial charge in [0.05, 0.1) is 17.1 Å². The number of aliphatic carboxylic acids is 1. The number of nitrogens with zero attached hydrogens (tertiary/aromatic N) is 5. The number of carbonyl (C=O) groups is 3. The summed E-state index contributed by atoms with van der Waals surface area (Å²) in [5.41, 5.74) is 3.37. The monoisotopic (exact) mass is 638 g/mol. The maximum absolute atomic E-state index is 12.7. The van der Waals surface area contributed by atoms with E-state index in [1.807, 2.05) is 19.1 Å². The Morgan fingerprint density at radius 3 is 2.47 bits per heavy atom. The zero-order valence-corrected chi connectivity index (χ0v) is 24.4. The fraction of sp³-hybridized carbons (Fsp3) is 0.200. The van der Waals surface area contributed by atoms with Gasteiger partial charge in [0.2, 0.25) is 5.91 Å². The Balaban J connectivity index is 1.19. The van der Waals surface area contributed by atoms with Crippen LogP contribution in [0.5, 0.6) is 5.75 Å². The number of aliphatic imine (C=N–C) groups is 1. The van der Waals surface area contributed by atoms with Crippen LogP contribution in [-0.2, 0) is 16.0 Å². The maximum Gasteiger partial charge on any atom is 0.573 e. The van der Waals surface area contributed by atoms with Crippen molar-refractivity contribution in [1.29, 1.82) is 0 Å². The minimum absolute atomic E-state index is 0.0831. The highest BCUT2D eigenvalue weighted by Crippen LogP contribution is 2.29. The minimum atomic E-state index is -4.78. The van der Waals surface area contributed by atoms with Crippen LogP contribution in [0.15, 0.2) is 84.1 Å². The Labute approximate surface area is 258 Å². The zero-order chi connectivity index (χ0) is 32.1. The van der Waals surface area contributed by atoms with Crippen molar-refractivity contribution in [3.8, 4) is 22.8 Å². The van der Waals surface area contributed by atoms with Gasteiger partial charge in [-0.3, -0.25) is 9.69 Å². The Kier molecular flexibility index (Phi) is 9.18. The molecule has 0 radical (unpaired) electrons. The van der Waals surface area contributed by atoms with E-state index in [9.17, 15) is 32.7 Å². The van der Waals surface area contributed by atoms with Crippen LogP contribution in [0.2, 0.25) is 0 Å². The van der Waals surface area contributed by atoms with Crippen LogP contribution in [0.1, 0.15) is 17.5 Å². The molecule has 2 heterocycles. The lowest BCUT2D eigenvalue weighted by Crippen LogP contribution is -2.40. The number of halogens is 3. The van der Waals surface area contributed by atoms with E-state index in [2.05, 4.69) is 25.1 Å². The first-order valence-corrected chi connectivity index (χ1v) is 14.5. The molecule has 45 heavy (non-hydrogen) atoms. The molecule has 1 atom stereocenters. The lowest BCUT2D eigenvalue weighted by atomic mass is 10.0. The number of thioether (sulfide) groups is 1. The van der Waals surface area contributed by atoms with Gasteiger partial charge in [-0.2, -0.15) is 4.99 Å². The van der Waals surface area contributed by atoms with Gasteiger partial charge in [0, 0.05) is 5.56 Å². The third-order valence-electron chi connectivity index (χ3n) is 6.68. The SMILES string of the molecule is Cc1ccccc1N1C(=O)CS/C1=N\C(=O)NC(CCc1ccc(-c2ncn(-c3ccc(OC(F)(F)F)cc3)n2)cc1)C(=O)O. The van der Waals surface area contributed by atoms with Crippen LogP contribution >= 0.6 is 11.8 Å². The number of anilines is 1. The summed E-state index contributed by atoms with van der Waals surface area (Å²) >= 11 is 1.10. The van der Waals surface area contributed by atoms with Gasteiger partial charge >= 0.3 is 18.4 Å². The number of benzene rings is 3. The first kappa shape index (κ1) is 31.3. The van der Waals surface area contributed by atoms with Gasteiger partial charge in [-0.25, -0.2) is 19.3 Å². The van der Waals surface area contributed by atoms with E-state index in [-0.39, 0.29) is 29.0 Å². The number of carboxylic acids is 1. The molecule has 1 saturated heterocycles. The number of ether oxygens (including phenoxy) is 1. The molecule has 232 valence electrons. The summed E-state index contributed by atoms with van der Waals surface area (Å²) in [6, 6.07) is 17.3. The zero-order valence-electron chi connectivity index (χ0n) is 23.6. The van der Waals surface area contributed by atoms with Gasteiger partial charge in [0.1, 0.15) is 18.1 Å². The molecule has 1 fully saturated rings. The molecule has 1 unspecified atom stereocenters. The number of carbonyl (C=O) groups excluding carboxylic acids is 2. The van der Waals surface area contributed by atoms with Crippen molar-refractivity contribution in [1.82, 2.24) is 20.1 Å². The highest BCUT2D eigenvalue weighted by atomic mass is 32.2. The van der Waals surface area contributed by atoms with Crippen molar-refractivity contribution >= 4 is 40.5 Å². The number of carboxylic acid groups (broad SMARTS) is 1. The standard InChI is InChI=1S/C30H25F3N6O5S/c1-18-4-2-3-5-24(18)39-25(40)16-45-29(39)36-28(43)35-23(27(41)42)15-8-19-6-9-20(10-7-19)26-34-17-38(37-26)21-11-13-22(14-12-21)44-30(31,32)33/h2-7,9-14,17,23H,8,15-16H2,1H3,(H,35,43)(H,41,42)/b36-29-. The van der Waals surface area contributed by atoms with Crippen LogP contribution in [0.4, 0.5) is 23.7 Å². The van der Waals surface area contributed by atoms with Gasteiger partial charge in [-0.05, 0) is 61.2 Å². The average molecular weight is 639 g/mol. The predicted molar refractivity (Wildman–Crippen MR) is 160 cm³/mol. The molecule has 0 bridgehead atoms. The van der Waals surface area contributed by atoms with E-state index >= 15 is 0 Å². The topological polar surface area (TPSA) is 139 Å². The van der Waals surface area contributed by atoms with Gasteiger partial charge < -0.3 is 15.2 Å². The third-order valence-corrected chi connectivity index (χ3v) is 7.60. The van der Waals surface area contributed by atoms with Crippen molar-refractivity contribution in [3.05, 3.63) is 90.3 Å². The van der Waals surface area contributed by atoms with Crippen LogP contribution in [0, 0.1) is 6.92 Å². The summed E-state index contributed by atoms with van der Waals surface area (Å²) in [7, 11) is 0. The lowest BCUT2D eigenvalue weighted by Gasteiger charge is -2.18. The lowest BCUT2D eigenvalue weighted by molar-refractivity contribution is -0.274. The summed E-state index contributed by atoms with van der Waals surface area (Å²) in [5, 5.41) is 16.7. The van der Waals surface area contributed by atoms with Crippen molar-refractivity contribution in [3.63, 3.8) is 0 Å². The Morgan fingerprint density at radius 1 is 1.09 bits per heavy atom. The molecule has 1 aromatic heterocycles. The number of nitrogens with one attached hydrogen (secondary N) is 1. The number of aryl methyl sites for hydroxylation is 2. The fourth-order valence-corrected chi connectivity index (χ4v) is 5.33. The minimum Gasteiger partial charge on any atom is -0.480 e. The summed E-state index contributed by atoms with van der Waals surface area (Å²) in [5.74, 6) is -1.32. The van der Waals surface area contributed by atoms with E-state index in [1.165, 1.54) is 40.2 Å². The second-order valence-electron chi connectivity index (χ2n) is 9.83. The fourth-order valence-electron chi connectivity index (χ4n) is 4.47. The van der Waals surface area contributed by atoms with Gasteiger partial charge in [-0.1, -0.05) is 54.2 Å². The van der Waals surface area contributed by atoms with E-state index in [0.717, 1.165) is 22.9 Å². The van der Waals surface area contributed by atoms with Crippen molar-refractivity contribution in [2.45, 2.75) is 32.2 Å². The van der Waals surface area contributed by atoms with Crippen molar-refractivity contribution in [2.24, 2.45) is 4.99 Å². The highest BCUT2D eigenvalue weighted by molar-refractivity contribution is 8.15. The predicted octanol–water partition coefficient (Wildman–Crippen LogP) is 5.37. The molecule has 5 rings (SSSR count). The van der Waals surface area contributed by atoms with Crippen LogP contribution in [-0.4, -0.2) is 61.1 Å². The molecule has 1 aliphatic heterocycles. The molecule has 1 aliphatic rings. The number of amidine groups is 1. The number of alkyl halides is 3. The quantitative estimate of drug-likeness (QED) is 0.250. The molecule has 15 heteroatoms.